The number of hydrogen-bond acceptors (Lipinski definition) is 6. The largest absolute Gasteiger partial charge is 0.497 e. The molecule has 0 aromatic heterocycles. The minimum absolute atomic E-state index is 0.0349. The maximum absolute atomic E-state index is 13.4. The van der Waals surface area contributed by atoms with Gasteiger partial charge in [0.05, 0.1) is 14.2 Å². The van der Waals surface area contributed by atoms with Gasteiger partial charge < -0.3 is 18.6 Å². The maximum Gasteiger partial charge on any atom is 0.339 e. The summed E-state index contributed by atoms with van der Waals surface area (Å²) in [6, 6.07) is 16.0. The number of hydrogen-bond donors (Lipinski definition) is 0. The fourth-order valence-electron chi connectivity index (χ4n) is 3.42. The molecule has 0 fully saturated rings. The van der Waals surface area contributed by atoms with Gasteiger partial charge in [-0.1, -0.05) is 19.1 Å². The lowest BCUT2D eigenvalue weighted by Crippen LogP contribution is -2.37. The van der Waals surface area contributed by atoms with Crippen molar-refractivity contribution in [3.05, 3.63) is 83.7 Å². The van der Waals surface area contributed by atoms with Crippen molar-refractivity contribution in [2.24, 2.45) is 0 Å². The molecule has 0 aliphatic heterocycles. The van der Waals surface area contributed by atoms with Crippen molar-refractivity contribution in [1.82, 2.24) is 4.90 Å². The van der Waals surface area contributed by atoms with E-state index in [1.165, 1.54) is 20.3 Å². The van der Waals surface area contributed by atoms with Gasteiger partial charge >= 0.3 is 10.1 Å². The average molecular weight is 502 g/mol. The highest BCUT2D eigenvalue weighted by atomic mass is 32.2. The first kappa shape index (κ1) is 26.0. The summed E-state index contributed by atoms with van der Waals surface area (Å²) in [5.74, 6) is -0.00294. The standard InChI is InChI=1S/C26H28FNO6S/c1-5-18(2)28(26(29)20-7-6-8-22(16-20)32-3)17-19-9-14-24(33-4)25(15-19)34-35(30,31)23-12-10-21(27)11-13-23/h6-16,18H,5,17H2,1-4H3. The molecule has 186 valence electrons. The number of benzene rings is 3. The molecule has 0 N–H and O–H groups in total. The first-order valence-electron chi connectivity index (χ1n) is 11.0. The Morgan fingerprint density at radius 3 is 2.31 bits per heavy atom. The van der Waals surface area contributed by atoms with Crippen molar-refractivity contribution in [2.75, 3.05) is 14.2 Å². The van der Waals surface area contributed by atoms with E-state index in [1.807, 2.05) is 13.8 Å². The molecule has 35 heavy (non-hydrogen) atoms. The van der Waals surface area contributed by atoms with Gasteiger partial charge in [0, 0.05) is 18.2 Å². The molecule has 0 aliphatic rings. The summed E-state index contributed by atoms with van der Waals surface area (Å²) in [5.41, 5.74) is 1.13. The van der Waals surface area contributed by atoms with E-state index in [1.54, 1.807) is 41.3 Å². The van der Waals surface area contributed by atoms with Gasteiger partial charge in [-0.25, -0.2) is 4.39 Å². The van der Waals surface area contributed by atoms with Gasteiger partial charge in [-0.2, -0.15) is 8.42 Å². The van der Waals surface area contributed by atoms with Gasteiger partial charge in [0.1, 0.15) is 16.5 Å². The van der Waals surface area contributed by atoms with Crippen molar-refractivity contribution in [3.8, 4) is 17.2 Å². The number of carbonyl (C=O) groups is 1. The van der Waals surface area contributed by atoms with E-state index < -0.39 is 15.9 Å². The summed E-state index contributed by atoms with van der Waals surface area (Å²) in [6.07, 6.45) is 0.716. The molecular formula is C26H28FNO6S. The summed E-state index contributed by atoms with van der Waals surface area (Å²) in [7, 11) is -1.31. The molecule has 3 aromatic rings. The predicted octanol–water partition coefficient (Wildman–Crippen LogP) is 5.05. The zero-order chi connectivity index (χ0) is 25.6. The smallest absolute Gasteiger partial charge is 0.339 e. The topological polar surface area (TPSA) is 82.1 Å². The van der Waals surface area contributed by atoms with Crippen LogP contribution in [0.5, 0.6) is 17.2 Å². The normalized spacial score (nSPS) is 12.0. The van der Waals surface area contributed by atoms with E-state index >= 15 is 0 Å². The van der Waals surface area contributed by atoms with E-state index in [2.05, 4.69) is 0 Å². The Kier molecular flexibility index (Phi) is 8.34. The number of halogens is 1. The summed E-state index contributed by atoms with van der Waals surface area (Å²) in [6.45, 7) is 4.13. The van der Waals surface area contributed by atoms with Gasteiger partial charge in [0.15, 0.2) is 11.5 Å². The second-order valence-corrected chi connectivity index (χ2v) is 9.45. The van der Waals surface area contributed by atoms with Crippen LogP contribution in [0.2, 0.25) is 0 Å². The highest BCUT2D eigenvalue weighted by Crippen LogP contribution is 2.32. The van der Waals surface area contributed by atoms with Crippen LogP contribution in [0.4, 0.5) is 4.39 Å². The molecule has 1 unspecified atom stereocenters. The summed E-state index contributed by atoms with van der Waals surface area (Å²) in [4.78, 5) is 14.9. The van der Waals surface area contributed by atoms with E-state index in [0.717, 1.165) is 24.3 Å². The van der Waals surface area contributed by atoms with Crippen LogP contribution < -0.4 is 13.7 Å². The Bertz CT molecular complexity index is 1280. The minimum Gasteiger partial charge on any atom is -0.497 e. The average Bonchev–Trinajstić information content (AvgIpc) is 2.86. The summed E-state index contributed by atoms with van der Waals surface area (Å²) >= 11 is 0. The second-order valence-electron chi connectivity index (χ2n) is 7.90. The molecule has 0 spiro atoms. The molecule has 0 heterocycles. The van der Waals surface area contributed by atoms with Crippen LogP contribution in [0.25, 0.3) is 0 Å². The molecule has 3 rings (SSSR count). The van der Waals surface area contributed by atoms with E-state index in [-0.39, 0.29) is 34.9 Å². The molecule has 1 amide bonds. The molecular weight excluding hydrogens is 473 g/mol. The Morgan fingerprint density at radius 2 is 1.69 bits per heavy atom. The second kappa shape index (κ2) is 11.2. The van der Waals surface area contributed by atoms with Gasteiger partial charge in [-0.15, -0.1) is 0 Å². The highest BCUT2D eigenvalue weighted by Gasteiger charge is 2.24. The number of amides is 1. The molecule has 0 bridgehead atoms. The zero-order valence-corrected chi connectivity index (χ0v) is 20.8. The first-order chi connectivity index (χ1) is 16.7. The van der Waals surface area contributed by atoms with E-state index in [0.29, 0.717) is 23.3 Å². The van der Waals surface area contributed by atoms with Crippen molar-refractivity contribution in [2.45, 2.75) is 37.8 Å². The molecule has 3 aromatic carbocycles. The van der Waals surface area contributed by atoms with Crippen LogP contribution in [0.3, 0.4) is 0 Å². The molecule has 0 saturated carbocycles. The molecule has 0 saturated heterocycles. The molecule has 7 nitrogen and oxygen atoms in total. The lowest BCUT2D eigenvalue weighted by atomic mass is 10.1. The first-order valence-corrected chi connectivity index (χ1v) is 12.4. The summed E-state index contributed by atoms with van der Waals surface area (Å²) < 4.78 is 54.6. The zero-order valence-electron chi connectivity index (χ0n) is 20.0. The third kappa shape index (κ3) is 6.30. The van der Waals surface area contributed by atoms with Crippen LogP contribution in [-0.2, 0) is 16.7 Å². The van der Waals surface area contributed by atoms with E-state index in [9.17, 15) is 17.6 Å². The van der Waals surface area contributed by atoms with Gasteiger partial charge in [-0.05, 0) is 73.5 Å². The summed E-state index contributed by atoms with van der Waals surface area (Å²) in [5, 5.41) is 0. The van der Waals surface area contributed by atoms with Gasteiger partial charge in [-0.3, -0.25) is 4.79 Å². The van der Waals surface area contributed by atoms with Crippen molar-refractivity contribution >= 4 is 16.0 Å². The van der Waals surface area contributed by atoms with E-state index in [4.69, 9.17) is 13.7 Å². The fraction of sp³-hybridized carbons (Fsp3) is 0.269. The molecule has 0 radical (unpaired) electrons. The van der Waals surface area contributed by atoms with Crippen molar-refractivity contribution in [3.63, 3.8) is 0 Å². The number of nitrogens with zero attached hydrogens (tertiary/aromatic N) is 1. The van der Waals surface area contributed by atoms with Crippen LogP contribution in [0.15, 0.2) is 71.6 Å². The van der Waals surface area contributed by atoms with Crippen LogP contribution in [0, 0.1) is 5.82 Å². The number of carbonyl (C=O) groups excluding carboxylic acids is 1. The molecule has 1 atom stereocenters. The Balaban J connectivity index is 1.92. The van der Waals surface area contributed by atoms with Gasteiger partial charge in [0.25, 0.3) is 5.91 Å². The fourth-order valence-corrected chi connectivity index (χ4v) is 4.35. The lowest BCUT2D eigenvalue weighted by molar-refractivity contribution is 0.0671. The quantitative estimate of drug-likeness (QED) is 0.362. The number of methoxy groups -OCH3 is 2. The third-order valence-corrected chi connectivity index (χ3v) is 6.83. The van der Waals surface area contributed by atoms with Crippen LogP contribution in [-0.4, -0.2) is 39.5 Å². The van der Waals surface area contributed by atoms with Crippen LogP contribution >= 0.6 is 0 Å². The van der Waals surface area contributed by atoms with Crippen molar-refractivity contribution in [1.29, 1.82) is 0 Å². The number of ether oxygens (including phenoxy) is 2. The maximum atomic E-state index is 13.4. The van der Waals surface area contributed by atoms with Crippen LogP contribution in [0.1, 0.15) is 36.2 Å². The molecule has 9 heteroatoms. The SMILES string of the molecule is CCC(C)N(Cc1ccc(OC)c(OS(=O)(=O)c2ccc(F)cc2)c1)C(=O)c1cccc(OC)c1. The molecule has 0 aliphatic carbocycles. The Hall–Kier alpha value is -3.59. The third-order valence-electron chi connectivity index (χ3n) is 5.58. The highest BCUT2D eigenvalue weighted by molar-refractivity contribution is 7.87. The predicted molar refractivity (Wildman–Crippen MR) is 130 cm³/mol. The monoisotopic (exact) mass is 501 g/mol. The number of rotatable bonds is 10. The Morgan fingerprint density at radius 1 is 0.971 bits per heavy atom. The Labute approximate surface area is 205 Å². The van der Waals surface area contributed by atoms with Gasteiger partial charge in [0.2, 0.25) is 0 Å². The minimum atomic E-state index is -4.24. The van der Waals surface area contributed by atoms with Crippen molar-refractivity contribution < 1.29 is 31.3 Å². The lowest BCUT2D eigenvalue weighted by Gasteiger charge is -2.29.